The Hall–Kier alpha value is -0.930. The summed E-state index contributed by atoms with van der Waals surface area (Å²) in [6, 6.07) is 6.90. The highest BCUT2D eigenvalue weighted by molar-refractivity contribution is 5.20. The van der Waals surface area contributed by atoms with Gasteiger partial charge in [-0.05, 0) is 43.5 Å². The first-order valence-electron chi connectivity index (χ1n) is 6.88. The van der Waals surface area contributed by atoms with Gasteiger partial charge in [0.25, 0.3) is 0 Å². The summed E-state index contributed by atoms with van der Waals surface area (Å²) in [6.07, 6.45) is 4.91. The van der Waals surface area contributed by atoms with Crippen molar-refractivity contribution in [2.24, 2.45) is 0 Å². The minimum absolute atomic E-state index is 0.213. The summed E-state index contributed by atoms with van der Waals surface area (Å²) < 4.78 is 13.2. The second-order valence-corrected chi connectivity index (χ2v) is 5.71. The average molecular weight is 249 g/mol. The lowest BCUT2D eigenvalue weighted by Gasteiger charge is -2.37. The zero-order chi connectivity index (χ0) is 12.6. The number of nitrogens with zero attached hydrogens (tertiary/aromatic N) is 1. The van der Waals surface area contributed by atoms with Gasteiger partial charge in [0.1, 0.15) is 5.82 Å². The number of aliphatic hydroxyl groups is 1. The van der Waals surface area contributed by atoms with Gasteiger partial charge in [0.15, 0.2) is 0 Å². The van der Waals surface area contributed by atoms with E-state index in [1.54, 1.807) is 12.1 Å². The van der Waals surface area contributed by atoms with Crippen molar-refractivity contribution in [3.8, 4) is 0 Å². The monoisotopic (exact) mass is 249 g/mol. The Morgan fingerprint density at radius 1 is 1.33 bits per heavy atom. The van der Waals surface area contributed by atoms with Crippen LogP contribution in [-0.2, 0) is 6.42 Å². The number of benzene rings is 1. The molecule has 3 rings (SSSR count). The molecule has 2 aliphatic heterocycles. The van der Waals surface area contributed by atoms with Crippen LogP contribution in [-0.4, -0.2) is 34.7 Å². The maximum absolute atomic E-state index is 13.2. The van der Waals surface area contributed by atoms with E-state index in [0.29, 0.717) is 6.42 Å². The summed E-state index contributed by atoms with van der Waals surface area (Å²) in [5, 5.41) is 10.9. The van der Waals surface area contributed by atoms with Gasteiger partial charge in [-0.25, -0.2) is 4.39 Å². The van der Waals surface area contributed by atoms with E-state index in [1.807, 2.05) is 6.07 Å². The molecule has 2 aliphatic rings. The van der Waals surface area contributed by atoms with Gasteiger partial charge < -0.3 is 5.11 Å². The normalized spacial score (nSPS) is 32.4. The molecule has 1 aromatic carbocycles. The molecule has 18 heavy (non-hydrogen) atoms. The Bertz CT molecular complexity index is 436. The topological polar surface area (TPSA) is 23.5 Å². The summed E-state index contributed by atoms with van der Waals surface area (Å²) in [5.74, 6) is -0.213. The van der Waals surface area contributed by atoms with Gasteiger partial charge in [0.05, 0.1) is 5.60 Å². The first kappa shape index (κ1) is 12.1. The molecule has 2 atom stereocenters. The molecule has 1 N–H and O–H groups in total. The summed E-state index contributed by atoms with van der Waals surface area (Å²) in [6.45, 7) is 2.09. The molecule has 0 bridgehead atoms. The van der Waals surface area contributed by atoms with Crippen LogP contribution in [0.2, 0.25) is 0 Å². The smallest absolute Gasteiger partial charge is 0.123 e. The first-order chi connectivity index (χ1) is 8.67. The van der Waals surface area contributed by atoms with Crippen molar-refractivity contribution in [3.63, 3.8) is 0 Å². The van der Waals surface area contributed by atoms with Gasteiger partial charge >= 0.3 is 0 Å². The van der Waals surface area contributed by atoms with Crippen molar-refractivity contribution >= 4 is 0 Å². The van der Waals surface area contributed by atoms with E-state index >= 15 is 0 Å². The van der Waals surface area contributed by atoms with Gasteiger partial charge in [-0.1, -0.05) is 18.6 Å². The highest BCUT2D eigenvalue weighted by Gasteiger charge is 2.46. The fraction of sp³-hybridized carbons (Fsp3) is 0.600. The number of hydrogen-bond donors (Lipinski definition) is 1. The number of fused-ring (bicyclic) bond motifs is 1. The Kier molecular flexibility index (Phi) is 3.12. The second-order valence-electron chi connectivity index (χ2n) is 5.71. The van der Waals surface area contributed by atoms with Crippen LogP contribution < -0.4 is 0 Å². The maximum Gasteiger partial charge on any atom is 0.123 e. The van der Waals surface area contributed by atoms with E-state index in [9.17, 15) is 9.50 Å². The van der Waals surface area contributed by atoms with Gasteiger partial charge in [-0.3, -0.25) is 4.90 Å². The zero-order valence-corrected chi connectivity index (χ0v) is 10.6. The van der Waals surface area contributed by atoms with Crippen molar-refractivity contribution in [1.29, 1.82) is 0 Å². The third-order valence-corrected chi connectivity index (χ3v) is 4.47. The van der Waals surface area contributed by atoms with Crippen LogP contribution in [0.3, 0.4) is 0 Å². The molecule has 1 aromatic rings. The minimum Gasteiger partial charge on any atom is -0.388 e. The number of hydrogen-bond acceptors (Lipinski definition) is 2. The SMILES string of the molecule is OC1(Cc2cccc(F)c2)CCN2CCCCC21. The summed E-state index contributed by atoms with van der Waals surface area (Å²) in [7, 11) is 0. The molecule has 2 unspecified atom stereocenters. The van der Waals surface area contributed by atoms with Gasteiger partial charge in [-0.2, -0.15) is 0 Å². The quantitative estimate of drug-likeness (QED) is 0.869. The molecule has 2 nitrogen and oxygen atoms in total. The van der Waals surface area contributed by atoms with Crippen molar-refractivity contribution in [2.45, 2.75) is 43.7 Å². The molecular weight excluding hydrogens is 229 g/mol. The van der Waals surface area contributed by atoms with E-state index in [2.05, 4.69) is 4.90 Å². The lowest BCUT2D eigenvalue weighted by molar-refractivity contribution is -0.00889. The molecule has 2 fully saturated rings. The fourth-order valence-corrected chi connectivity index (χ4v) is 3.58. The number of halogens is 1. The van der Waals surface area contributed by atoms with Crippen LogP contribution in [0.5, 0.6) is 0 Å². The summed E-state index contributed by atoms with van der Waals surface area (Å²) in [5.41, 5.74) is 0.249. The Labute approximate surface area is 107 Å². The van der Waals surface area contributed by atoms with Crippen LogP contribution in [0.1, 0.15) is 31.2 Å². The number of piperidine rings is 1. The molecule has 0 aromatic heterocycles. The molecule has 98 valence electrons. The lowest BCUT2D eigenvalue weighted by atomic mass is 9.84. The molecule has 0 aliphatic carbocycles. The van der Waals surface area contributed by atoms with Crippen LogP contribution in [0, 0.1) is 5.82 Å². The lowest BCUT2D eigenvalue weighted by Crippen LogP contribution is -2.48. The highest BCUT2D eigenvalue weighted by Crippen LogP contribution is 2.37. The van der Waals surface area contributed by atoms with E-state index in [-0.39, 0.29) is 11.9 Å². The number of rotatable bonds is 2. The largest absolute Gasteiger partial charge is 0.388 e. The van der Waals surface area contributed by atoms with Crippen molar-refractivity contribution in [1.82, 2.24) is 4.90 Å². The van der Waals surface area contributed by atoms with E-state index < -0.39 is 5.60 Å². The maximum atomic E-state index is 13.2. The molecule has 0 spiro atoms. The van der Waals surface area contributed by atoms with Gasteiger partial charge in [-0.15, -0.1) is 0 Å². The molecule has 0 radical (unpaired) electrons. The standard InChI is InChI=1S/C15H20FNO/c16-13-5-3-4-12(10-13)11-15(18)7-9-17-8-2-1-6-14(15)17/h3-5,10,14,18H,1-2,6-9,11H2. The van der Waals surface area contributed by atoms with E-state index in [4.69, 9.17) is 0 Å². The molecule has 2 heterocycles. The van der Waals surface area contributed by atoms with Crippen LogP contribution in [0.4, 0.5) is 4.39 Å². The molecule has 0 amide bonds. The summed E-state index contributed by atoms with van der Waals surface area (Å²) >= 11 is 0. The molecule has 2 saturated heterocycles. The molecule has 3 heteroatoms. The van der Waals surface area contributed by atoms with Crippen molar-refractivity contribution < 1.29 is 9.50 Å². The van der Waals surface area contributed by atoms with Crippen LogP contribution >= 0.6 is 0 Å². The van der Waals surface area contributed by atoms with E-state index in [0.717, 1.165) is 31.5 Å². The molecule has 0 saturated carbocycles. The third kappa shape index (κ3) is 2.17. The van der Waals surface area contributed by atoms with Crippen LogP contribution in [0.15, 0.2) is 24.3 Å². The average Bonchev–Trinajstić information content (AvgIpc) is 2.68. The molecular formula is C15H20FNO. The Balaban J connectivity index is 1.78. The Morgan fingerprint density at radius 2 is 2.22 bits per heavy atom. The van der Waals surface area contributed by atoms with Gasteiger partial charge in [0, 0.05) is 19.0 Å². The second kappa shape index (κ2) is 4.63. The first-order valence-corrected chi connectivity index (χ1v) is 6.88. The minimum atomic E-state index is -0.659. The predicted molar refractivity (Wildman–Crippen MR) is 68.9 cm³/mol. The highest BCUT2D eigenvalue weighted by atomic mass is 19.1. The summed E-state index contributed by atoms with van der Waals surface area (Å²) in [4.78, 5) is 2.41. The Morgan fingerprint density at radius 3 is 3.06 bits per heavy atom. The van der Waals surface area contributed by atoms with Crippen LogP contribution in [0.25, 0.3) is 0 Å². The van der Waals surface area contributed by atoms with Crippen molar-refractivity contribution in [2.75, 3.05) is 13.1 Å². The van der Waals surface area contributed by atoms with E-state index in [1.165, 1.54) is 18.9 Å². The predicted octanol–water partition coefficient (Wildman–Crippen LogP) is 2.36. The van der Waals surface area contributed by atoms with Gasteiger partial charge in [0.2, 0.25) is 0 Å². The third-order valence-electron chi connectivity index (χ3n) is 4.47. The fourth-order valence-electron chi connectivity index (χ4n) is 3.58. The van der Waals surface area contributed by atoms with Crippen molar-refractivity contribution in [3.05, 3.63) is 35.6 Å². The zero-order valence-electron chi connectivity index (χ0n) is 10.6.